The summed E-state index contributed by atoms with van der Waals surface area (Å²) in [6.45, 7) is 0. The Bertz CT molecular complexity index is 11.6. The second-order valence-corrected chi connectivity index (χ2v) is 1.50. The van der Waals surface area contributed by atoms with Crippen molar-refractivity contribution < 1.29 is 10.2 Å². The molecule has 0 aliphatic heterocycles. The van der Waals surface area contributed by atoms with Crippen LogP contribution in [0, 0.1) is 0 Å². The number of hydrogen-bond donors (Lipinski definition) is 0. The van der Waals surface area contributed by atoms with Crippen molar-refractivity contribution in [2.45, 2.75) is 0 Å². The molecular weight excluding hydrogens is 379 g/mol. The van der Waals surface area contributed by atoms with Crippen molar-refractivity contribution >= 4 is 47.7 Å². The van der Waals surface area contributed by atoms with Gasteiger partial charge in [0.1, 0.15) is 0 Å². The van der Waals surface area contributed by atoms with Crippen molar-refractivity contribution in [2.75, 3.05) is 0 Å². The fourth-order valence-corrected chi connectivity index (χ4v) is 0. The molecule has 0 atom stereocenters. The van der Waals surface area contributed by atoms with Crippen LogP contribution in [0.15, 0.2) is 0 Å². The molecule has 0 heterocycles. The molecule has 28 valence electrons. The predicted molar refractivity (Wildman–Crippen MR) is 11.5 cm³/mol. The van der Waals surface area contributed by atoms with Crippen molar-refractivity contribution in [3.05, 3.63) is 0 Å². The summed E-state index contributed by atoms with van der Waals surface area (Å²) in [4.78, 5) is 0. The zero-order valence-electron chi connectivity index (χ0n) is 2.12. The normalized spacial score (nSPS) is 7.20. The van der Waals surface area contributed by atoms with Crippen LogP contribution in [0.2, 0.25) is 0 Å². The van der Waals surface area contributed by atoms with Crippen LogP contribution < -0.4 is 10.2 Å². The quantitative estimate of drug-likeness (QED) is 0.400. The van der Waals surface area contributed by atoms with E-state index in [0.717, 1.165) is 0 Å². The van der Waals surface area contributed by atoms with Gasteiger partial charge < -0.3 is 0 Å². The van der Waals surface area contributed by atoms with E-state index in [9.17, 15) is 0 Å². The molecule has 5 heavy (non-hydrogen) atoms. The van der Waals surface area contributed by atoms with E-state index in [0.29, 0.717) is 0 Å². The third kappa shape index (κ3) is 28.6. The van der Waals surface area contributed by atoms with Crippen LogP contribution >= 0.6 is 0 Å². The zero-order valence-corrected chi connectivity index (χ0v) is 8.15. The van der Waals surface area contributed by atoms with Crippen LogP contribution in [0.5, 0.6) is 0 Å². The topological polar surface area (TPSA) is 69.2 Å². The van der Waals surface area contributed by atoms with E-state index < -0.39 is 21.5 Å². The molecule has 0 aromatic rings. The molecule has 0 saturated heterocycles. The van der Waals surface area contributed by atoms with E-state index in [1.54, 1.807) is 0 Å². The van der Waals surface area contributed by atoms with Crippen LogP contribution in [0.3, 0.4) is 0 Å². The molecule has 0 aromatic heterocycles. The van der Waals surface area contributed by atoms with Gasteiger partial charge >= 0.3 is 57.8 Å². The molecule has 0 saturated carbocycles. The first-order valence-electron chi connectivity index (χ1n) is 0.548. The van der Waals surface area contributed by atoms with Gasteiger partial charge in [0, 0.05) is 0 Å². The van der Waals surface area contributed by atoms with Crippen molar-refractivity contribution in [3.63, 3.8) is 0 Å². The van der Waals surface area contributed by atoms with Gasteiger partial charge in [0.05, 0.1) is 0 Å². The molecule has 0 unspecified atom stereocenters. The van der Waals surface area contributed by atoms with Gasteiger partial charge in [0.2, 0.25) is 0 Å². The standard InChI is InChI=1S/Bi.3O.Sb/q+3;3*-1;. The Morgan fingerprint density at radius 1 is 1.00 bits per heavy atom. The van der Waals surface area contributed by atoms with E-state index in [-0.39, 0.29) is 26.2 Å². The fourth-order valence-electron chi connectivity index (χ4n) is 0. The molecule has 0 bridgehead atoms. The van der Waals surface area contributed by atoms with Crippen molar-refractivity contribution in [1.82, 2.24) is 0 Å². The molecule has 0 amide bonds. The second-order valence-electron chi connectivity index (χ2n) is 0.224. The Morgan fingerprint density at radius 3 is 1.00 bits per heavy atom. The maximum atomic E-state index is 8.60. The van der Waals surface area contributed by atoms with E-state index in [2.05, 4.69) is 0 Å². The van der Waals surface area contributed by atoms with Crippen molar-refractivity contribution in [2.24, 2.45) is 0 Å². The van der Waals surface area contributed by atoms with Gasteiger partial charge in [-0.25, -0.2) is 0 Å². The van der Waals surface area contributed by atoms with Gasteiger partial charge in [-0.05, 0) is 0 Å². The Morgan fingerprint density at radius 2 is 1.00 bits per heavy atom. The summed E-state index contributed by atoms with van der Waals surface area (Å²) in [6.07, 6.45) is 0. The van der Waals surface area contributed by atoms with Crippen molar-refractivity contribution in [3.8, 4) is 0 Å². The summed E-state index contributed by atoms with van der Waals surface area (Å²) < 4.78 is 25.8. The van der Waals surface area contributed by atoms with Gasteiger partial charge in [-0.15, -0.1) is 0 Å². The summed E-state index contributed by atoms with van der Waals surface area (Å²) in [6, 6.07) is 0. The summed E-state index contributed by atoms with van der Waals surface area (Å²) >= 11 is -4.20. The van der Waals surface area contributed by atoms with Gasteiger partial charge in [-0.3, -0.25) is 0 Å². The molecule has 0 spiro atoms. The zero-order chi connectivity index (χ0) is 3.58. The van der Waals surface area contributed by atoms with Crippen LogP contribution in [-0.4, -0.2) is 47.7 Å². The minimum atomic E-state index is -4.20. The van der Waals surface area contributed by atoms with Crippen molar-refractivity contribution in [1.29, 1.82) is 0 Å². The Labute approximate surface area is 57.4 Å². The van der Waals surface area contributed by atoms with Crippen LogP contribution in [0.4, 0.5) is 0 Å². The predicted octanol–water partition coefficient (Wildman–Crippen LogP) is -4.33. The minimum absolute atomic E-state index is 0. The maximum absolute atomic E-state index is 8.60. The summed E-state index contributed by atoms with van der Waals surface area (Å²) in [5.74, 6) is 0. The second kappa shape index (κ2) is 5.58. The summed E-state index contributed by atoms with van der Waals surface area (Å²) in [7, 11) is 0. The molecule has 5 heteroatoms. The average molecular weight is 379 g/mol. The van der Waals surface area contributed by atoms with Crippen LogP contribution in [0.1, 0.15) is 0 Å². The molecule has 0 N–H and O–H groups in total. The Balaban J connectivity index is 0. The van der Waals surface area contributed by atoms with Crippen LogP contribution in [-0.2, 0) is 0 Å². The third-order valence-electron chi connectivity index (χ3n) is 0. The van der Waals surface area contributed by atoms with E-state index >= 15 is 0 Å². The molecule has 0 aliphatic carbocycles. The van der Waals surface area contributed by atoms with E-state index in [1.807, 2.05) is 0 Å². The van der Waals surface area contributed by atoms with Gasteiger partial charge in [-0.1, -0.05) is 0 Å². The summed E-state index contributed by atoms with van der Waals surface area (Å²) in [5.41, 5.74) is 0. The molecule has 0 aromatic carbocycles. The first kappa shape index (κ1) is 9.77. The van der Waals surface area contributed by atoms with Gasteiger partial charge in [0.25, 0.3) is 0 Å². The van der Waals surface area contributed by atoms with Gasteiger partial charge in [0.15, 0.2) is 0 Å². The SMILES string of the molecule is [Bi+3].[O-][Sb]([O-])[O-]. The van der Waals surface area contributed by atoms with E-state index in [1.165, 1.54) is 0 Å². The summed E-state index contributed by atoms with van der Waals surface area (Å²) in [5, 5.41) is 0. The molecule has 0 fully saturated rings. The molecule has 2 radical (unpaired) electrons. The fraction of sp³-hybridized carbons (Fsp3) is 0. The van der Waals surface area contributed by atoms with Crippen LogP contribution in [0.25, 0.3) is 0 Å². The molecular formula is BiO3Sb. The molecule has 3 nitrogen and oxygen atoms in total. The first-order chi connectivity index (χ1) is 1.73. The number of hydrogen-bond acceptors (Lipinski definition) is 3. The first-order valence-corrected chi connectivity index (χ1v) is 3.67. The average Bonchev–Trinajstić information content (AvgIpc) is 0.811. The molecule has 0 rings (SSSR count). The molecule has 0 aliphatic rings. The van der Waals surface area contributed by atoms with Gasteiger partial charge in [-0.2, -0.15) is 0 Å². The Hall–Kier alpha value is 1.58. The third-order valence-corrected chi connectivity index (χ3v) is 0. The monoisotopic (exact) mass is 378 g/mol. The van der Waals surface area contributed by atoms with E-state index in [4.69, 9.17) is 10.2 Å². The number of rotatable bonds is 0. The Kier molecular flexibility index (Phi) is 10.9.